The summed E-state index contributed by atoms with van der Waals surface area (Å²) in [4.78, 5) is 0. The van der Waals surface area contributed by atoms with Crippen molar-refractivity contribution in [3.63, 3.8) is 0 Å². The summed E-state index contributed by atoms with van der Waals surface area (Å²) in [6, 6.07) is 0. The van der Waals surface area contributed by atoms with Crippen LogP contribution in [0, 0.1) is 41.4 Å². The number of hydrogen-bond donors (Lipinski definition) is 1. The van der Waals surface area contributed by atoms with Gasteiger partial charge in [-0.3, -0.25) is 0 Å². The fourth-order valence-corrected chi connectivity index (χ4v) is 6.46. The molecule has 4 rings (SSSR count). The number of allylic oxidation sites excluding steroid dienone is 4. The van der Waals surface area contributed by atoms with Crippen LogP contribution in [0.3, 0.4) is 0 Å². The lowest BCUT2D eigenvalue weighted by atomic mass is 9.51. The lowest BCUT2D eigenvalue weighted by Crippen LogP contribution is -2.52. The van der Waals surface area contributed by atoms with Gasteiger partial charge in [0.05, 0.1) is 12.4 Å². The molecule has 2 heteroatoms. The minimum Gasteiger partial charge on any atom is -0.498 e. The van der Waals surface area contributed by atoms with Crippen molar-refractivity contribution in [2.24, 2.45) is 29.1 Å². The molecule has 0 amide bonds. The van der Waals surface area contributed by atoms with Gasteiger partial charge in [-0.25, -0.2) is 0 Å². The summed E-state index contributed by atoms with van der Waals surface area (Å²) in [5.74, 6) is 6.31. The van der Waals surface area contributed by atoms with Crippen LogP contribution in [-0.2, 0) is 4.74 Å². The van der Waals surface area contributed by atoms with Gasteiger partial charge in [-0.1, -0.05) is 45.8 Å². The van der Waals surface area contributed by atoms with Crippen LogP contribution in [-0.4, -0.2) is 17.3 Å². The minimum absolute atomic E-state index is 0.216. The van der Waals surface area contributed by atoms with Crippen molar-refractivity contribution in [2.45, 2.75) is 78.2 Å². The SMILES string of the molecule is C#C[C@]1(O)C(=C)CC2[C@@H]3CC=C4C=C(OCC)CC[C@@H]4C3CC[C@@]21C.CCC. The molecule has 0 heterocycles. The molecule has 1 N–H and O–H groups in total. The summed E-state index contributed by atoms with van der Waals surface area (Å²) in [5, 5.41) is 11.2. The number of aliphatic hydroxyl groups is 1. The molecule has 28 heavy (non-hydrogen) atoms. The molecule has 0 saturated heterocycles. The number of terminal acetylenes is 1. The second kappa shape index (κ2) is 8.11. The molecule has 2 unspecified atom stereocenters. The molecule has 4 aliphatic carbocycles. The quantitative estimate of drug-likeness (QED) is 0.466. The third kappa shape index (κ3) is 3.17. The van der Waals surface area contributed by atoms with Crippen LogP contribution in [0.1, 0.15) is 72.6 Å². The summed E-state index contributed by atoms with van der Waals surface area (Å²) in [7, 11) is 0. The van der Waals surface area contributed by atoms with Crippen molar-refractivity contribution in [1.29, 1.82) is 0 Å². The Bertz CT molecular complexity index is 708. The molecule has 2 nitrogen and oxygen atoms in total. The fourth-order valence-electron chi connectivity index (χ4n) is 6.46. The van der Waals surface area contributed by atoms with Crippen LogP contribution >= 0.6 is 0 Å². The van der Waals surface area contributed by atoms with E-state index in [1.807, 2.05) is 0 Å². The molecular formula is C26H38O2. The van der Waals surface area contributed by atoms with Gasteiger partial charge in [0, 0.05) is 11.8 Å². The van der Waals surface area contributed by atoms with E-state index in [0.717, 1.165) is 50.0 Å². The molecule has 0 aromatic rings. The lowest BCUT2D eigenvalue weighted by Gasteiger charge is -2.53. The Labute approximate surface area is 172 Å². The first-order valence-electron chi connectivity index (χ1n) is 11.3. The van der Waals surface area contributed by atoms with Gasteiger partial charge < -0.3 is 9.84 Å². The minimum atomic E-state index is -1.12. The second-order valence-corrected chi connectivity index (χ2v) is 9.39. The molecule has 0 aliphatic heterocycles. The Morgan fingerprint density at radius 1 is 1.29 bits per heavy atom. The molecular weight excluding hydrogens is 344 g/mol. The Morgan fingerprint density at radius 2 is 2.00 bits per heavy atom. The first-order chi connectivity index (χ1) is 13.4. The van der Waals surface area contributed by atoms with Gasteiger partial charge in [0.25, 0.3) is 0 Å². The smallest absolute Gasteiger partial charge is 0.152 e. The van der Waals surface area contributed by atoms with Crippen LogP contribution in [0.2, 0.25) is 0 Å². The topological polar surface area (TPSA) is 29.5 Å². The van der Waals surface area contributed by atoms with Gasteiger partial charge in [0.1, 0.15) is 0 Å². The highest BCUT2D eigenvalue weighted by atomic mass is 16.5. The largest absolute Gasteiger partial charge is 0.498 e. The molecule has 0 spiro atoms. The van der Waals surface area contributed by atoms with Gasteiger partial charge in [-0.15, -0.1) is 6.42 Å². The molecule has 6 atom stereocenters. The summed E-state index contributed by atoms with van der Waals surface area (Å²) in [6.07, 6.45) is 18.2. The molecule has 0 bridgehead atoms. The van der Waals surface area contributed by atoms with Gasteiger partial charge >= 0.3 is 0 Å². The highest BCUT2D eigenvalue weighted by Crippen LogP contribution is 2.65. The average molecular weight is 383 g/mol. The molecule has 154 valence electrons. The summed E-state index contributed by atoms with van der Waals surface area (Å²) in [6.45, 7) is 13.4. The molecule has 0 aromatic heterocycles. The first-order valence-corrected chi connectivity index (χ1v) is 11.3. The highest BCUT2D eigenvalue weighted by molar-refractivity contribution is 5.40. The molecule has 0 radical (unpaired) electrons. The van der Waals surface area contributed by atoms with E-state index >= 15 is 0 Å². The molecule has 4 aliphatic rings. The van der Waals surface area contributed by atoms with E-state index in [9.17, 15) is 5.11 Å². The number of fused-ring (bicyclic) bond motifs is 5. The van der Waals surface area contributed by atoms with Gasteiger partial charge in [0.2, 0.25) is 0 Å². The van der Waals surface area contributed by atoms with E-state index in [1.54, 1.807) is 0 Å². The van der Waals surface area contributed by atoms with Crippen LogP contribution in [0.15, 0.2) is 35.6 Å². The lowest BCUT2D eigenvalue weighted by molar-refractivity contribution is -0.0717. The summed E-state index contributed by atoms with van der Waals surface area (Å²) in [5.41, 5.74) is 1.01. The van der Waals surface area contributed by atoms with Crippen molar-refractivity contribution in [3.05, 3.63) is 35.6 Å². The third-order valence-corrected chi connectivity index (χ3v) is 7.83. The monoisotopic (exact) mass is 382 g/mol. The van der Waals surface area contributed by atoms with Gasteiger partial charge in [-0.05, 0) is 79.9 Å². The number of ether oxygens (including phenoxy) is 1. The maximum Gasteiger partial charge on any atom is 0.152 e. The van der Waals surface area contributed by atoms with Gasteiger partial charge in [-0.2, -0.15) is 0 Å². The normalized spacial score (nSPS) is 41.2. The Balaban J connectivity index is 0.000000706. The molecule has 2 saturated carbocycles. The Morgan fingerprint density at radius 3 is 2.64 bits per heavy atom. The average Bonchev–Trinajstić information content (AvgIpc) is 2.89. The Kier molecular flexibility index (Phi) is 6.16. The van der Waals surface area contributed by atoms with E-state index < -0.39 is 5.60 Å². The number of hydrogen-bond acceptors (Lipinski definition) is 2. The fraction of sp³-hybridized carbons (Fsp3) is 0.692. The zero-order valence-electron chi connectivity index (χ0n) is 18.3. The summed E-state index contributed by atoms with van der Waals surface area (Å²) < 4.78 is 5.76. The van der Waals surface area contributed by atoms with Crippen LogP contribution in [0.25, 0.3) is 0 Å². The second-order valence-electron chi connectivity index (χ2n) is 9.39. The van der Waals surface area contributed by atoms with Gasteiger partial charge in [0.15, 0.2) is 5.60 Å². The predicted octanol–water partition coefficient (Wildman–Crippen LogP) is 6.04. The van der Waals surface area contributed by atoms with Crippen LogP contribution in [0.4, 0.5) is 0 Å². The van der Waals surface area contributed by atoms with E-state index in [1.165, 1.54) is 18.4 Å². The van der Waals surface area contributed by atoms with Crippen LogP contribution < -0.4 is 0 Å². The first kappa shape index (κ1) is 21.3. The van der Waals surface area contributed by atoms with E-state index in [-0.39, 0.29) is 5.41 Å². The highest BCUT2D eigenvalue weighted by Gasteiger charge is 2.63. The maximum absolute atomic E-state index is 11.2. The van der Waals surface area contributed by atoms with E-state index in [4.69, 9.17) is 11.2 Å². The standard InChI is InChI=1S/C23H30O2.C3H8/c1-5-23(24)15(3)13-21-20-9-7-16-14-17(25-6-2)8-10-18(16)19(20)11-12-22(21,23)4;1-3-2/h1,7,14,18-21,24H,3,6,8-13H2,2,4H3;3H2,1-2H3/t18-,19?,20+,21?,22-,23-;/m0./s1. The predicted molar refractivity (Wildman–Crippen MR) is 116 cm³/mol. The molecule has 0 aromatic carbocycles. The van der Waals surface area contributed by atoms with Crippen molar-refractivity contribution < 1.29 is 9.84 Å². The van der Waals surface area contributed by atoms with Crippen molar-refractivity contribution in [1.82, 2.24) is 0 Å². The zero-order chi connectivity index (χ0) is 20.5. The van der Waals surface area contributed by atoms with Crippen LogP contribution in [0.5, 0.6) is 0 Å². The van der Waals surface area contributed by atoms with E-state index in [2.05, 4.69) is 52.3 Å². The Hall–Kier alpha value is -1.46. The molecule has 2 fully saturated rings. The van der Waals surface area contributed by atoms with Crippen molar-refractivity contribution >= 4 is 0 Å². The van der Waals surface area contributed by atoms with Crippen molar-refractivity contribution in [2.75, 3.05) is 6.61 Å². The van der Waals surface area contributed by atoms with Crippen molar-refractivity contribution in [3.8, 4) is 12.3 Å². The zero-order valence-corrected chi connectivity index (χ0v) is 18.3. The third-order valence-electron chi connectivity index (χ3n) is 7.83. The number of rotatable bonds is 2. The van der Waals surface area contributed by atoms with E-state index in [0.29, 0.717) is 23.7 Å². The summed E-state index contributed by atoms with van der Waals surface area (Å²) >= 11 is 0. The maximum atomic E-state index is 11.2.